The molecule has 0 aliphatic carbocycles. The van der Waals surface area contributed by atoms with Gasteiger partial charge in [-0.05, 0) is 48.7 Å². The van der Waals surface area contributed by atoms with Gasteiger partial charge in [0.25, 0.3) is 0 Å². The van der Waals surface area contributed by atoms with Crippen molar-refractivity contribution < 1.29 is 8.42 Å². The van der Waals surface area contributed by atoms with Crippen molar-refractivity contribution in [1.82, 2.24) is 4.72 Å². The second-order valence-electron chi connectivity index (χ2n) is 4.98. The van der Waals surface area contributed by atoms with E-state index in [-0.39, 0.29) is 4.90 Å². The van der Waals surface area contributed by atoms with Crippen molar-refractivity contribution >= 4 is 32.7 Å². The maximum atomic E-state index is 12.2. The molecule has 0 amide bonds. The first-order chi connectivity index (χ1) is 10.0. The summed E-state index contributed by atoms with van der Waals surface area (Å²) in [6.45, 7) is 1.54. The highest BCUT2D eigenvalue weighted by Gasteiger charge is 2.24. The van der Waals surface area contributed by atoms with Gasteiger partial charge >= 0.3 is 0 Å². The average molecular weight is 323 g/mol. The zero-order valence-corrected chi connectivity index (χ0v) is 13.3. The SMILES string of the molecule is CNS(=O)(=O)c1cc(N)ccc1N1CCc2sccc2C1. The van der Waals surface area contributed by atoms with Crippen LogP contribution in [0.15, 0.2) is 34.5 Å². The van der Waals surface area contributed by atoms with Gasteiger partial charge in [0.2, 0.25) is 10.0 Å². The molecule has 0 saturated heterocycles. The van der Waals surface area contributed by atoms with Crippen LogP contribution >= 0.6 is 11.3 Å². The Morgan fingerprint density at radius 2 is 2.14 bits per heavy atom. The minimum absolute atomic E-state index is 0.240. The summed E-state index contributed by atoms with van der Waals surface area (Å²) in [6, 6.07) is 7.16. The standard InChI is InChI=1S/C14H17N3O2S2/c1-16-21(18,19)14-8-11(15)2-3-12(14)17-6-4-13-10(9-17)5-7-20-13/h2-3,5,7-8,16H,4,6,9,15H2,1H3. The minimum Gasteiger partial charge on any atom is -0.399 e. The summed E-state index contributed by atoms with van der Waals surface area (Å²) < 4.78 is 26.8. The van der Waals surface area contributed by atoms with Crippen LogP contribution in [0.1, 0.15) is 10.4 Å². The molecule has 1 aromatic carbocycles. The maximum Gasteiger partial charge on any atom is 0.242 e. The lowest BCUT2D eigenvalue weighted by Crippen LogP contribution is -2.31. The lowest BCUT2D eigenvalue weighted by Gasteiger charge is -2.30. The molecule has 0 unspecified atom stereocenters. The van der Waals surface area contributed by atoms with E-state index in [1.54, 1.807) is 23.5 Å². The van der Waals surface area contributed by atoms with E-state index in [2.05, 4.69) is 21.1 Å². The first-order valence-electron chi connectivity index (χ1n) is 6.64. The molecule has 0 atom stereocenters. The van der Waals surface area contributed by atoms with Gasteiger partial charge < -0.3 is 10.6 Å². The largest absolute Gasteiger partial charge is 0.399 e. The first-order valence-corrected chi connectivity index (χ1v) is 9.01. The van der Waals surface area contributed by atoms with Gasteiger partial charge in [0.05, 0.1) is 5.69 Å². The highest BCUT2D eigenvalue weighted by molar-refractivity contribution is 7.89. The molecular weight excluding hydrogens is 306 g/mol. The van der Waals surface area contributed by atoms with Crippen LogP contribution in [0.3, 0.4) is 0 Å². The summed E-state index contributed by atoms with van der Waals surface area (Å²) in [6.07, 6.45) is 0.941. The van der Waals surface area contributed by atoms with E-state index in [9.17, 15) is 8.42 Å². The van der Waals surface area contributed by atoms with Crippen molar-refractivity contribution in [3.8, 4) is 0 Å². The molecule has 1 aliphatic heterocycles. The number of sulfonamides is 1. The lowest BCUT2D eigenvalue weighted by atomic mass is 10.1. The molecule has 2 heterocycles. The lowest BCUT2D eigenvalue weighted by molar-refractivity contribution is 0.587. The Morgan fingerprint density at radius 3 is 2.90 bits per heavy atom. The summed E-state index contributed by atoms with van der Waals surface area (Å²) in [5.74, 6) is 0. The molecule has 0 bridgehead atoms. The van der Waals surface area contributed by atoms with Crippen LogP contribution in [0.2, 0.25) is 0 Å². The Kier molecular flexibility index (Phi) is 3.64. The molecule has 0 fully saturated rings. The zero-order valence-electron chi connectivity index (χ0n) is 11.7. The number of fused-ring (bicyclic) bond motifs is 1. The maximum absolute atomic E-state index is 12.2. The fraction of sp³-hybridized carbons (Fsp3) is 0.286. The molecule has 1 aliphatic rings. The van der Waals surface area contributed by atoms with Crippen molar-refractivity contribution in [3.63, 3.8) is 0 Å². The molecule has 0 spiro atoms. The van der Waals surface area contributed by atoms with Crippen LogP contribution in [-0.4, -0.2) is 22.0 Å². The molecule has 5 nitrogen and oxygen atoms in total. The Bertz CT molecular complexity index is 768. The molecule has 21 heavy (non-hydrogen) atoms. The third-order valence-corrected chi connectivity index (χ3v) is 6.16. The zero-order chi connectivity index (χ0) is 15.0. The predicted molar refractivity (Wildman–Crippen MR) is 86.2 cm³/mol. The first kappa shape index (κ1) is 14.4. The van der Waals surface area contributed by atoms with Gasteiger partial charge in [-0.2, -0.15) is 0 Å². The smallest absolute Gasteiger partial charge is 0.242 e. The quantitative estimate of drug-likeness (QED) is 0.845. The van der Waals surface area contributed by atoms with Crippen molar-refractivity contribution in [3.05, 3.63) is 40.1 Å². The molecular formula is C14H17N3O2S2. The number of nitrogens with two attached hydrogens (primary N) is 1. The monoisotopic (exact) mass is 323 g/mol. The van der Waals surface area contributed by atoms with Crippen molar-refractivity contribution in [1.29, 1.82) is 0 Å². The Morgan fingerprint density at radius 1 is 1.33 bits per heavy atom. The van der Waals surface area contributed by atoms with Gasteiger partial charge in [-0.3, -0.25) is 0 Å². The van der Waals surface area contributed by atoms with E-state index < -0.39 is 10.0 Å². The number of rotatable bonds is 3. The summed E-state index contributed by atoms with van der Waals surface area (Å²) in [5.41, 5.74) is 8.18. The highest BCUT2D eigenvalue weighted by atomic mass is 32.2. The summed E-state index contributed by atoms with van der Waals surface area (Å²) in [5, 5.41) is 2.09. The number of hydrogen-bond donors (Lipinski definition) is 2. The molecule has 0 radical (unpaired) electrons. The number of benzene rings is 1. The number of nitrogens with one attached hydrogen (secondary N) is 1. The van der Waals surface area contributed by atoms with Crippen LogP contribution in [0.25, 0.3) is 0 Å². The van der Waals surface area contributed by atoms with Crippen molar-refractivity contribution in [2.45, 2.75) is 17.9 Å². The average Bonchev–Trinajstić information content (AvgIpc) is 2.94. The van der Waals surface area contributed by atoms with E-state index in [0.29, 0.717) is 11.4 Å². The second kappa shape index (κ2) is 5.32. The summed E-state index contributed by atoms with van der Waals surface area (Å²) >= 11 is 1.76. The number of hydrogen-bond acceptors (Lipinski definition) is 5. The van der Waals surface area contributed by atoms with Crippen molar-refractivity contribution in [2.24, 2.45) is 0 Å². The predicted octanol–water partition coefficient (Wildman–Crippen LogP) is 1.80. The van der Waals surface area contributed by atoms with Crippen LogP contribution in [-0.2, 0) is 23.0 Å². The summed E-state index contributed by atoms with van der Waals surface area (Å²) in [4.78, 5) is 3.72. The number of nitrogen functional groups attached to an aromatic ring is 1. The van der Waals surface area contributed by atoms with E-state index in [1.807, 2.05) is 0 Å². The fourth-order valence-corrected chi connectivity index (χ4v) is 4.44. The molecule has 3 rings (SSSR count). The second-order valence-corrected chi connectivity index (χ2v) is 7.83. The topological polar surface area (TPSA) is 75.4 Å². The third-order valence-electron chi connectivity index (χ3n) is 3.69. The molecule has 1 aromatic heterocycles. The van der Waals surface area contributed by atoms with Crippen LogP contribution in [0.4, 0.5) is 11.4 Å². The van der Waals surface area contributed by atoms with Gasteiger partial charge in [0, 0.05) is 23.7 Å². The van der Waals surface area contributed by atoms with E-state index in [0.717, 1.165) is 19.5 Å². The molecule has 112 valence electrons. The van der Waals surface area contributed by atoms with Gasteiger partial charge in [-0.1, -0.05) is 0 Å². The molecule has 0 saturated carbocycles. The van der Waals surface area contributed by atoms with Gasteiger partial charge in [0.1, 0.15) is 4.90 Å². The normalized spacial score (nSPS) is 15.0. The Hall–Kier alpha value is -1.57. The van der Waals surface area contributed by atoms with Crippen LogP contribution in [0.5, 0.6) is 0 Å². The third kappa shape index (κ3) is 2.64. The Balaban J connectivity index is 2.04. The van der Waals surface area contributed by atoms with Crippen LogP contribution < -0.4 is 15.4 Å². The van der Waals surface area contributed by atoms with Gasteiger partial charge in [-0.25, -0.2) is 13.1 Å². The number of nitrogens with zero attached hydrogens (tertiary/aromatic N) is 1. The number of anilines is 2. The van der Waals surface area contributed by atoms with Gasteiger partial charge in [0.15, 0.2) is 0 Å². The molecule has 3 N–H and O–H groups in total. The van der Waals surface area contributed by atoms with Crippen LogP contribution in [0, 0.1) is 0 Å². The van der Waals surface area contributed by atoms with Crippen molar-refractivity contribution in [2.75, 3.05) is 24.2 Å². The minimum atomic E-state index is -3.53. The summed E-state index contributed by atoms with van der Waals surface area (Å²) in [7, 11) is -2.12. The fourth-order valence-electron chi connectivity index (χ4n) is 2.57. The van der Waals surface area contributed by atoms with Gasteiger partial charge in [-0.15, -0.1) is 11.3 Å². The Labute approximate surface area is 128 Å². The van der Waals surface area contributed by atoms with E-state index in [4.69, 9.17) is 5.73 Å². The molecule has 2 aromatic rings. The van der Waals surface area contributed by atoms with E-state index >= 15 is 0 Å². The highest BCUT2D eigenvalue weighted by Crippen LogP contribution is 2.32. The van der Waals surface area contributed by atoms with E-state index in [1.165, 1.54) is 23.6 Å². The molecule has 7 heteroatoms. The number of thiophene rings is 1.